The molecule has 1 unspecified atom stereocenters. The monoisotopic (exact) mass is 287 g/mol. The van der Waals surface area contributed by atoms with Gasteiger partial charge in [-0.15, -0.1) is 11.8 Å². The lowest BCUT2D eigenvalue weighted by Gasteiger charge is -2.12. The van der Waals surface area contributed by atoms with Crippen LogP contribution in [-0.4, -0.2) is 31.4 Å². The normalized spacial score (nSPS) is 12.2. The highest BCUT2D eigenvalue weighted by Crippen LogP contribution is 2.15. The summed E-state index contributed by atoms with van der Waals surface area (Å²) in [7, 11) is 1.62. The number of halogens is 1. The Morgan fingerprint density at radius 3 is 2.72 bits per heavy atom. The van der Waals surface area contributed by atoms with Crippen molar-refractivity contribution in [3.63, 3.8) is 0 Å². The van der Waals surface area contributed by atoms with Crippen molar-refractivity contribution in [3.05, 3.63) is 34.9 Å². The molecule has 1 atom stereocenters. The van der Waals surface area contributed by atoms with E-state index in [0.717, 1.165) is 10.8 Å². The lowest BCUT2D eigenvalue weighted by Crippen LogP contribution is -2.36. The second-order valence-electron chi connectivity index (χ2n) is 4.04. The second kappa shape index (κ2) is 8.40. The topological polar surface area (TPSA) is 38.3 Å². The first kappa shape index (κ1) is 15.3. The zero-order chi connectivity index (χ0) is 13.4. The molecule has 18 heavy (non-hydrogen) atoms. The van der Waals surface area contributed by atoms with Gasteiger partial charge in [-0.2, -0.15) is 0 Å². The Labute approximate surface area is 117 Å². The molecule has 0 fully saturated rings. The van der Waals surface area contributed by atoms with Crippen LogP contribution in [0.2, 0.25) is 5.02 Å². The van der Waals surface area contributed by atoms with E-state index in [1.54, 1.807) is 18.9 Å². The number of thioether (sulfide) groups is 1. The van der Waals surface area contributed by atoms with Crippen LogP contribution in [0.1, 0.15) is 12.5 Å². The van der Waals surface area contributed by atoms with Gasteiger partial charge in [-0.3, -0.25) is 4.79 Å². The van der Waals surface area contributed by atoms with E-state index in [9.17, 15) is 4.79 Å². The molecule has 0 aliphatic heterocycles. The van der Waals surface area contributed by atoms with Crippen LogP contribution in [0.15, 0.2) is 24.3 Å². The van der Waals surface area contributed by atoms with Crippen molar-refractivity contribution in [2.45, 2.75) is 18.7 Å². The highest BCUT2D eigenvalue weighted by Gasteiger charge is 2.06. The molecule has 0 spiro atoms. The van der Waals surface area contributed by atoms with E-state index in [4.69, 9.17) is 16.3 Å². The molecule has 0 saturated carbocycles. The van der Waals surface area contributed by atoms with Crippen molar-refractivity contribution in [1.29, 1.82) is 0 Å². The van der Waals surface area contributed by atoms with E-state index >= 15 is 0 Å². The molecule has 0 radical (unpaired) electrons. The van der Waals surface area contributed by atoms with E-state index < -0.39 is 0 Å². The molecule has 0 aliphatic carbocycles. The minimum atomic E-state index is 0.0403. The summed E-state index contributed by atoms with van der Waals surface area (Å²) < 4.78 is 4.96. The number of benzene rings is 1. The SMILES string of the molecule is COCC(C)NC(=O)CSCc1ccc(Cl)cc1. The summed E-state index contributed by atoms with van der Waals surface area (Å²) in [4.78, 5) is 11.6. The summed E-state index contributed by atoms with van der Waals surface area (Å²) in [6, 6.07) is 7.72. The number of nitrogens with one attached hydrogen (secondary N) is 1. The summed E-state index contributed by atoms with van der Waals surface area (Å²) in [5.74, 6) is 1.30. The maximum Gasteiger partial charge on any atom is 0.230 e. The summed E-state index contributed by atoms with van der Waals surface area (Å²) in [6.07, 6.45) is 0. The number of rotatable bonds is 7. The Hall–Kier alpha value is -0.710. The second-order valence-corrected chi connectivity index (χ2v) is 5.47. The number of hydrogen-bond acceptors (Lipinski definition) is 3. The van der Waals surface area contributed by atoms with Gasteiger partial charge in [0.2, 0.25) is 5.91 Å². The van der Waals surface area contributed by atoms with Gasteiger partial charge in [-0.05, 0) is 24.6 Å². The van der Waals surface area contributed by atoms with Crippen molar-refractivity contribution in [3.8, 4) is 0 Å². The molecule has 0 aromatic heterocycles. The molecule has 1 aromatic carbocycles. The third kappa shape index (κ3) is 6.28. The number of hydrogen-bond donors (Lipinski definition) is 1. The van der Waals surface area contributed by atoms with Crippen molar-refractivity contribution >= 4 is 29.3 Å². The number of amides is 1. The molecular formula is C13H18ClNO2S. The van der Waals surface area contributed by atoms with E-state index in [2.05, 4.69) is 5.32 Å². The summed E-state index contributed by atoms with van der Waals surface area (Å²) in [5.41, 5.74) is 1.17. The van der Waals surface area contributed by atoms with Crippen LogP contribution in [0.5, 0.6) is 0 Å². The predicted octanol–water partition coefficient (Wildman–Crippen LogP) is 2.72. The lowest BCUT2D eigenvalue weighted by molar-refractivity contribution is -0.119. The highest BCUT2D eigenvalue weighted by atomic mass is 35.5. The molecule has 5 heteroatoms. The van der Waals surface area contributed by atoms with Crippen molar-refractivity contribution in [2.75, 3.05) is 19.5 Å². The van der Waals surface area contributed by atoms with Crippen LogP contribution in [-0.2, 0) is 15.3 Å². The average Bonchev–Trinajstić information content (AvgIpc) is 2.32. The number of methoxy groups -OCH3 is 1. The fraction of sp³-hybridized carbons (Fsp3) is 0.462. The first-order valence-electron chi connectivity index (χ1n) is 5.72. The van der Waals surface area contributed by atoms with Gasteiger partial charge in [0.15, 0.2) is 0 Å². The summed E-state index contributed by atoms with van der Waals surface area (Å²) in [6.45, 7) is 2.46. The van der Waals surface area contributed by atoms with Gasteiger partial charge in [-0.1, -0.05) is 23.7 Å². The highest BCUT2D eigenvalue weighted by molar-refractivity contribution is 7.99. The molecule has 0 aliphatic rings. The summed E-state index contributed by atoms with van der Waals surface area (Å²) in [5, 5.41) is 3.60. The third-order valence-electron chi connectivity index (χ3n) is 2.24. The maximum absolute atomic E-state index is 11.6. The van der Waals surface area contributed by atoms with Gasteiger partial charge in [0, 0.05) is 23.9 Å². The van der Waals surface area contributed by atoms with Crippen LogP contribution in [0.3, 0.4) is 0 Å². The Morgan fingerprint density at radius 2 is 2.11 bits per heavy atom. The summed E-state index contributed by atoms with van der Waals surface area (Å²) >= 11 is 7.38. The van der Waals surface area contributed by atoms with E-state index in [1.807, 2.05) is 31.2 Å². The molecule has 1 amide bonds. The predicted molar refractivity (Wildman–Crippen MR) is 77.1 cm³/mol. The van der Waals surface area contributed by atoms with E-state index in [0.29, 0.717) is 12.4 Å². The van der Waals surface area contributed by atoms with Crippen molar-refractivity contribution in [2.24, 2.45) is 0 Å². The molecule has 0 heterocycles. The third-order valence-corrected chi connectivity index (χ3v) is 3.49. The van der Waals surface area contributed by atoms with Gasteiger partial charge in [0.05, 0.1) is 12.4 Å². The van der Waals surface area contributed by atoms with Crippen molar-refractivity contribution in [1.82, 2.24) is 5.32 Å². The fourth-order valence-electron chi connectivity index (χ4n) is 1.45. The maximum atomic E-state index is 11.6. The van der Waals surface area contributed by atoms with Crippen LogP contribution in [0.4, 0.5) is 0 Å². The average molecular weight is 288 g/mol. The molecule has 1 aromatic rings. The molecule has 100 valence electrons. The molecule has 1 N–H and O–H groups in total. The number of carbonyl (C=O) groups is 1. The van der Waals surface area contributed by atoms with Gasteiger partial charge >= 0.3 is 0 Å². The molecule has 3 nitrogen and oxygen atoms in total. The largest absolute Gasteiger partial charge is 0.383 e. The smallest absolute Gasteiger partial charge is 0.230 e. The minimum Gasteiger partial charge on any atom is -0.383 e. The minimum absolute atomic E-state index is 0.0403. The van der Waals surface area contributed by atoms with Gasteiger partial charge in [0.25, 0.3) is 0 Å². The van der Waals surface area contributed by atoms with Crippen LogP contribution in [0, 0.1) is 0 Å². The van der Waals surface area contributed by atoms with Gasteiger partial charge < -0.3 is 10.1 Å². The fourth-order valence-corrected chi connectivity index (χ4v) is 2.38. The zero-order valence-corrected chi connectivity index (χ0v) is 12.2. The number of ether oxygens (including phenoxy) is 1. The number of carbonyl (C=O) groups excluding carboxylic acids is 1. The van der Waals surface area contributed by atoms with Gasteiger partial charge in [-0.25, -0.2) is 0 Å². The quantitative estimate of drug-likeness (QED) is 0.838. The zero-order valence-electron chi connectivity index (χ0n) is 10.6. The van der Waals surface area contributed by atoms with Crippen LogP contribution in [0.25, 0.3) is 0 Å². The molecule has 1 rings (SSSR count). The van der Waals surface area contributed by atoms with E-state index in [-0.39, 0.29) is 11.9 Å². The Bertz CT molecular complexity index is 370. The van der Waals surface area contributed by atoms with Gasteiger partial charge in [0.1, 0.15) is 0 Å². The molecule has 0 saturated heterocycles. The standard InChI is InChI=1S/C13H18ClNO2S/c1-10(7-17-2)15-13(16)9-18-8-11-3-5-12(14)6-4-11/h3-6,10H,7-9H2,1-2H3,(H,15,16). The first-order chi connectivity index (χ1) is 8.61. The van der Waals surface area contributed by atoms with Crippen LogP contribution < -0.4 is 5.32 Å². The Balaban J connectivity index is 2.21. The Morgan fingerprint density at radius 1 is 1.44 bits per heavy atom. The lowest BCUT2D eigenvalue weighted by atomic mass is 10.2. The first-order valence-corrected chi connectivity index (χ1v) is 7.25. The van der Waals surface area contributed by atoms with Crippen molar-refractivity contribution < 1.29 is 9.53 Å². The Kier molecular flexibility index (Phi) is 7.16. The van der Waals surface area contributed by atoms with E-state index in [1.165, 1.54) is 5.56 Å². The van der Waals surface area contributed by atoms with Crippen LogP contribution >= 0.6 is 23.4 Å². The molecular weight excluding hydrogens is 270 g/mol. The molecule has 0 bridgehead atoms.